The van der Waals surface area contributed by atoms with Crippen molar-refractivity contribution in [3.8, 4) is 0 Å². The Kier molecular flexibility index (Phi) is 4.93. The van der Waals surface area contributed by atoms with E-state index in [-0.39, 0.29) is 0 Å². The van der Waals surface area contributed by atoms with E-state index in [0.29, 0.717) is 12.6 Å². The molecule has 0 unspecified atom stereocenters. The highest BCUT2D eigenvalue weighted by atomic mass is 16.5. The van der Waals surface area contributed by atoms with E-state index < -0.39 is 0 Å². The molecule has 6 heteroatoms. The van der Waals surface area contributed by atoms with Crippen LogP contribution < -0.4 is 10.2 Å². The molecule has 2 heterocycles. The third-order valence-electron chi connectivity index (χ3n) is 3.26. The summed E-state index contributed by atoms with van der Waals surface area (Å²) in [6.07, 6.45) is 0. The van der Waals surface area contributed by atoms with E-state index in [1.807, 2.05) is 13.0 Å². The zero-order valence-corrected chi connectivity index (χ0v) is 12.0. The van der Waals surface area contributed by atoms with Crippen molar-refractivity contribution in [2.24, 2.45) is 0 Å². The van der Waals surface area contributed by atoms with E-state index >= 15 is 0 Å². The van der Waals surface area contributed by atoms with Gasteiger partial charge in [-0.25, -0.2) is 4.98 Å². The summed E-state index contributed by atoms with van der Waals surface area (Å²) >= 11 is 0. The van der Waals surface area contributed by atoms with Crippen molar-refractivity contribution in [3.05, 3.63) is 11.8 Å². The Balaban J connectivity index is 2.03. The predicted molar refractivity (Wildman–Crippen MR) is 76.8 cm³/mol. The van der Waals surface area contributed by atoms with Crippen LogP contribution in [0.25, 0.3) is 0 Å². The van der Waals surface area contributed by atoms with Crippen LogP contribution in [-0.4, -0.2) is 68.4 Å². The summed E-state index contributed by atoms with van der Waals surface area (Å²) in [7, 11) is 3.84. The van der Waals surface area contributed by atoms with Crippen LogP contribution in [0.2, 0.25) is 0 Å². The number of likely N-dealkylation sites (N-methyl/N-ethyl adjacent to an activating group) is 1. The second kappa shape index (κ2) is 6.68. The highest BCUT2D eigenvalue weighted by Crippen LogP contribution is 2.16. The molecular weight excluding hydrogens is 242 g/mol. The Morgan fingerprint density at radius 3 is 2.68 bits per heavy atom. The number of methoxy groups -OCH3 is 1. The van der Waals surface area contributed by atoms with Gasteiger partial charge in [0, 0.05) is 51.6 Å². The van der Waals surface area contributed by atoms with E-state index in [1.165, 1.54) is 0 Å². The maximum Gasteiger partial charge on any atom is 0.224 e. The lowest BCUT2D eigenvalue weighted by Crippen LogP contribution is -2.44. The molecule has 0 saturated carbocycles. The Morgan fingerprint density at radius 1 is 1.26 bits per heavy atom. The first-order chi connectivity index (χ1) is 9.19. The van der Waals surface area contributed by atoms with Crippen LogP contribution in [0.3, 0.4) is 0 Å². The van der Waals surface area contributed by atoms with Crippen LogP contribution >= 0.6 is 0 Å². The fraction of sp³-hybridized carbons (Fsp3) is 0.692. The largest absolute Gasteiger partial charge is 0.383 e. The number of aryl methyl sites for hydroxylation is 1. The predicted octanol–water partition coefficient (Wildman–Crippen LogP) is 0.595. The first-order valence-electron chi connectivity index (χ1n) is 6.71. The number of aromatic nitrogens is 2. The summed E-state index contributed by atoms with van der Waals surface area (Å²) in [4.78, 5) is 13.6. The summed E-state index contributed by atoms with van der Waals surface area (Å²) in [5.41, 5.74) is 0.990. The Morgan fingerprint density at radius 2 is 2.00 bits per heavy atom. The molecule has 0 atom stereocenters. The summed E-state index contributed by atoms with van der Waals surface area (Å²) in [6, 6.07) is 2.05. The first-order valence-corrected chi connectivity index (χ1v) is 6.71. The van der Waals surface area contributed by atoms with Gasteiger partial charge in [-0.2, -0.15) is 4.98 Å². The lowest BCUT2D eigenvalue weighted by molar-refractivity contribution is 0.210. The Hall–Kier alpha value is -1.40. The number of nitrogens with zero attached hydrogens (tertiary/aromatic N) is 4. The molecule has 0 spiro atoms. The molecule has 1 N–H and O–H groups in total. The lowest BCUT2D eigenvalue weighted by atomic mass is 10.3. The van der Waals surface area contributed by atoms with E-state index in [4.69, 9.17) is 4.74 Å². The molecule has 1 aromatic rings. The molecule has 6 nitrogen and oxygen atoms in total. The molecule has 1 fully saturated rings. The molecule has 0 aromatic carbocycles. The minimum Gasteiger partial charge on any atom is -0.383 e. The van der Waals surface area contributed by atoms with Gasteiger partial charge < -0.3 is 19.9 Å². The quantitative estimate of drug-likeness (QED) is 0.787. The van der Waals surface area contributed by atoms with Crippen LogP contribution in [0.4, 0.5) is 11.8 Å². The topological polar surface area (TPSA) is 53.5 Å². The molecule has 106 valence electrons. The van der Waals surface area contributed by atoms with Crippen LogP contribution in [0, 0.1) is 6.92 Å². The molecule has 0 bridgehead atoms. The SMILES string of the molecule is COCCNc1nc(C)cc(N2CCN(C)CC2)n1. The van der Waals surface area contributed by atoms with E-state index in [2.05, 4.69) is 32.1 Å². The minimum atomic E-state index is 0.654. The van der Waals surface area contributed by atoms with Gasteiger partial charge in [-0.3, -0.25) is 0 Å². The van der Waals surface area contributed by atoms with Crippen molar-refractivity contribution in [3.63, 3.8) is 0 Å². The molecule has 1 aliphatic heterocycles. The van der Waals surface area contributed by atoms with Crippen LogP contribution in [0.15, 0.2) is 6.07 Å². The van der Waals surface area contributed by atoms with Crippen molar-refractivity contribution < 1.29 is 4.74 Å². The summed E-state index contributed by atoms with van der Waals surface area (Å²) < 4.78 is 5.02. The third-order valence-corrected chi connectivity index (χ3v) is 3.26. The second-order valence-electron chi connectivity index (χ2n) is 4.90. The standard InChI is InChI=1S/C13H23N5O/c1-11-10-12(18-7-5-17(2)6-8-18)16-13(15-11)14-4-9-19-3/h10H,4-9H2,1-3H3,(H,14,15,16). The summed E-state index contributed by atoms with van der Waals surface area (Å²) in [5.74, 6) is 1.70. The number of nitrogens with one attached hydrogen (secondary N) is 1. The fourth-order valence-corrected chi connectivity index (χ4v) is 2.09. The van der Waals surface area contributed by atoms with Gasteiger partial charge in [0.15, 0.2) is 0 Å². The van der Waals surface area contributed by atoms with E-state index in [1.54, 1.807) is 7.11 Å². The lowest BCUT2D eigenvalue weighted by Gasteiger charge is -2.33. The fourth-order valence-electron chi connectivity index (χ4n) is 2.09. The number of hydrogen-bond donors (Lipinski definition) is 1. The van der Waals surface area contributed by atoms with E-state index in [0.717, 1.165) is 44.2 Å². The molecular formula is C13H23N5O. The monoisotopic (exact) mass is 265 g/mol. The maximum atomic E-state index is 5.02. The van der Waals surface area contributed by atoms with Gasteiger partial charge in [0.05, 0.1) is 6.61 Å². The molecule has 2 rings (SSSR count). The molecule has 1 aliphatic rings. The number of anilines is 2. The molecule has 0 aliphatic carbocycles. The van der Waals surface area contributed by atoms with Crippen LogP contribution in [0.1, 0.15) is 5.69 Å². The van der Waals surface area contributed by atoms with Crippen LogP contribution in [0.5, 0.6) is 0 Å². The van der Waals surface area contributed by atoms with Gasteiger partial charge in [0.25, 0.3) is 0 Å². The highest BCUT2D eigenvalue weighted by molar-refractivity contribution is 5.45. The Bertz CT molecular complexity index is 404. The minimum absolute atomic E-state index is 0.654. The molecule has 0 amide bonds. The molecule has 1 aromatic heterocycles. The van der Waals surface area contributed by atoms with Gasteiger partial charge in [-0.15, -0.1) is 0 Å². The molecule has 1 saturated heterocycles. The summed E-state index contributed by atoms with van der Waals surface area (Å²) in [6.45, 7) is 7.58. The highest BCUT2D eigenvalue weighted by Gasteiger charge is 2.16. The second-order valence-corrected chi connectivity index (χ2v) is 4.90. The zero-order valence-electron chi connectivity index (χ0n) is 12.0. The van der Waals surface area contributed by atoms with Gasteiger partial charge in [-0.1, -0.05) is 0 Å². The average molecular weight is 265 g/mol. The normalized spacial score (nSPS) is 16.7. The molecule has 0 radical (unpaired) electrons. The Labute approximate surface area is 114 Å². The van der Waals surface area contributed by atoms with Crippen LogP contribution in [-0.2, 0) is 4.74 Å². The van der Waals surface area contributed by atoms with Gasteiger partial charge in [-0.05, 0) is 14.0 Å². The number of rotatable bonds is 5. The smallest absolute Gasteiger partial charge is 0.224 e. The van der Waals surface area contributed by atoms with Crippen molar-refractivity contribution in [2.45, 2.75) is 6.92 Å². The first kappa shape index (κ1) is 14.0. The average Bonchev–Trinajstić information content (AvgIpc) is 2.39. The number of piperazine rings is 1. The maximum absolute atomic E-state index is 5.02. The summed E-state index contributed by atoms with van der Waals surface area (Å²) in [5, 5.41) is 3.19. The van der Waals surface area contributed by atoms with Gasteiger partial charge >= 0.3 is 0 Å². The van der Waals surface area contributed by atoms with Gasteiger partial charge in [0.1, 0.15) is 5.82 Å². The van der Waals surface area contributed by atoms with Crippen molar-refractivity contribution in [1.82, 2.24) is 14.9 Å². The van der Waals surface area contributed by atoms with Gasteiger partial charge in [0.2, 0.25) is 5.95 Å². The van der Waals surface area contributed by atoms with Crippen molar-refractivity contribution >= 4 is 11.8 Å². The third kappa shape index (κ3) is 4.04. The zero-order chi connectivity index (χ0) is 13.7. The van der Waals surface area contributed by atoms with E-state index in [9.17, 15) is 0 Å². The number of hydrogen-bond acceptors (Lipinski definition) is 6. The molecule has 19 heavy (non-hydrogen) atoms. The van der Waals surface area contributed by atoms with Crippen molar-refractivity contribution in [1.29, 1.82) is 0 Å². The number of ether oxygens (including phenoxy) is 1. The van der Waals surface area contributed by atoms with Crippen molar-refractivity contribution in [2.75, 3.05) is 63.7 Å².